The third kappa shape index (κ3) is 6.73. The number of hydrogen-bond acceptors (Lipinski definition) is 6. The highest BCUT2D eigenvalue weighted by molar-refractivity contribution is 6.11. The summed E-state index contributed by atoms with van der Waals surface area (Å²) in [4.78, 5) is 0. The van der Waals surface area contributed by atoms with Crippen molar-refractivity contribution in [2.75, 3.05) is 26.4 Å². The van der Waals surface area contributed by atoms with Gasteiger partial charge in [-0.1, -0.05) is 78.4 Å². The van der Waals surface area contributed by atoms with Crippen LogP contribution in [0.5, 0.6) is 23.0 Å². The molecule has 0 radical (unpaired) electrons. The van der Waals surface area contributed by atoms with Crippen LogP contribution < -0.4 is 18.9 Å². The summed E-state index contributed by atoms with van der Waals surface area (Å²) in [6, 6.07) is 29.4. The molecule has 2 atom stereocenters. The van der Waals surface area contributed by atoms with Crippen LogP contribution >= 0.6 is 0 Å². The van der Waals surface area contributed by atoms with Crippen molar-refractivity contribution < 1.29 is 29.2 Å². The zero-order valence-corrected chi connectivity index (χ0v) is 23.7. The molecule has 0 saturated heterocycles. The molecule has 0 heterocycles. The molecule has 0 bridgehead atoms. The maximum Gasteiger partial charge on any atom is 0.135 e. The number of hydrogen-bond donors (Lipinski definition) is 2. The van der Waals surface area contributed by atoms with Crippen LogP contribution in [0.3, 0.4) is 0 Å². The van der Waals surface area contributed by atoms with Crippen molar-refractivity contribution in [2.45, 2.75) is 33.0 Å². The van der Waals surface area contributed by atoms with Gasteiger partial charge in [-0.25, -0.2) is 0 Å². The Labute approximate surface area is 240 Å². The Hall–Kier alpha value is -4.26. The molecule has 0 aromatic heterocycles. The quantitative estimate of drug-likeness (QED) is 0.171. The van der Waals surface area contributed by atoms with Gasteiger partial charge in [-0.15, -0.1) is 0 Å². The molecule has 0 aliphatic carbocycles. The van der Waals surface area contributed by atoms with Crippen molar-refractivity contribution in [1.82, 2.24) is 0 Å². The predicted molar refractivity (Wildman–Crippen MR) is 163 cm³/mol. The van der Waals surface area contributed by atoms with E-state index in [1.807, 2.05) is 106 Å². The average Bonchev–Trinajstić information content (AvgIpc) is 2.98. The number of benzene rings is 5. The van der Waals surface area contributed by atoms with Crippen molar-refractivity contribution in [2.24, 2.45) is 0 Å². The van der Waals surface area contributed by atoms with Gasteiger partial charge in [0.2, 0.25) is 0 Å². The first kappa shape index (κ1) is 28.3. The maximum atomic E-state index is 10.7. The molecule has 2 unspecified atom stereocenters. The van der Waals surface area contributed by atoms with Gasteiger partial charge in [-0.3, -0.25) is 0 Å². The molecule has 0 spiro atoms. The second-order valence-electron chi connectivity index (χ2n) is 10.3. The summed E-state index contributed by atoms with van der Waals surface area (Å²) < 4.78 is 24.2. The lowest BCUT2D eigenvalue weighted by Gasteiger charge is -2.21. The average molecular weight is 553 g/mol. The van der Waals surface area contributed by atoms with Crippen molar-refractivity contribution >= 4 is 21.5 Å². The summed E-state index contributed by atoms with van der Waals surface area (Å²) in [7, 11) is 0. The van der Waals surface area contributed by atoms with Gasteiger partial charge >= 0.3 is 0 Å². The van der Waals surface area contributed by atoms with Gasteiger partial charge in [0.15, 0.2) is 0 Å². The van der Waals surface area contributed by atoms with E-state index >= 15 is 0 Å². The summed E-state index contributed by atoms with van der Waals surface area (Å²) >= 11 is 0. The van der Waals surface area contributed by atoms with E-state index in [1.54, 1.807) is 0 Å². The van der Waals surface area contributed by atoms with Crippen LogP contribution in [-0.4, -0.2) is 48.8 Å². The third-order valence-corrected chi connectivity index (χ3v) is 6.97. The Morgan fingerprint density at radius 3 is 1.41 bits per heavy atom. The molecule has 0 aliphatic rings. The second kappa shape index (κ2) is 12.9. The van der Waals surface area contributed by atoms with E-state index in [1.165, 1.54) is 0 Å². The lowest BCUT2D eigenvalue weighted by atomic mass is 9.99. The van der Waals surface area contributed by atoms with Crippen LogP contribution in [0.25, 0.3) is 21.5 Å². The number of fused-ring (bicyclic) bond motifs is 2. The van der Waals surface area contributed by atoms with Crippen LogP contribution in [0.15, 0.2) is 91.0 Å². The number of aliphatic hydroxyl groups is 2. The fraction of sp³-hybridized carbons (Fsp3) is 0.257. The summed E-state index contributed by atoms with van der Waals surface area (Å²) in [6.45, 7) is 6.32. The highest BCUT2D eigenvalue weighted by Crippen LogP contribution is 2.43. The van der Waals surface area contributed by atoms with Crippen LogP contribution in [0, 0.1) is 20.8 Å². The number of aliphatic hydroxyl groups excluding tert-OH is 2. The van der Waals surface area contributed by atoms with E-state index in [0.29, 0.717) is 11.5 Å². The summed E-state index contributed by atoms with van der Waals surface area (Å²) in [5, 5.41) is 24.8. The van der Waals surface area contributed by atoms with Gasteiger partial charge in [-0.2, -0.15) is 0 Å². The molecule has 2 N–H and O–H groups in total. The summed E-state index contributed by atoms with van der Waals surface area (Å²) in [5.74, 6) is 2.82. The Morgan fingerprint density at radius 2 is 0.902 bits per heavy atom. The van der Waals surface area contributed by atoms with Gasteiger partial charge in [0, 0.05) is 21.5 Å². The van der Waals surface area contributed by atoms with Crippen LogP contribution in [0.2, 0.25) is 0 Å². The Bertz CT molecular complexity index is 1630. The minimum atomic E-state index is -0.826. The van der Waals surface area contributed by atoms with E-state index in [4.69, 9.17) is 18.9 Å². The van der Waals surface area contributed by atoms with Gasteiger partial charge in [-0.05, 0) is 50.1 Å². The smallest absolute Gasteiger partial charge is 0.135 e. The zero-order chi connectivity index (χ0) is 28.8. The topological polar surface area (TPSA) is 77.4 Å². The number of para-hydroxylation sites is 2. The highest BCUT2D eigenvalue weighted by Gasteiger charge is 2.19. The first-order valence-electron chi connectivity index (χ1n) is 13.8. The zero-order valence-electron chi connectivity index (χ0n) is 23.7. The molecular formula is C35H36O6. The number of ether oxygens (including phenoxy) is 4. The van der Waals surface area contributed by atoms with E-state index < -0.39 is 12.2 Å². The Morgan fingerprint density at radius 1 is 0.488 bits per heavy atom. The van der Waals surface area contributed by atoms with Crippen molar-refractivity contribution in [3.05, 3.63) is 108 Å². The standard InChI is InChI=1S/C35H36O6/c1-23-16-17-30-31(18-23)35(41-22-27(37)20-39-33-15-9-5-11-25(33)3)29-13-7-6-12-28(29)34(30)40-21-26(36)19-38-32-14-8-4-10-24(32)2/h4-18,26-27,36-37H,19-22H2,1-3H3. The predicted octanol–water partition coefficient (Wildman–Crippen LogP) is 6.56. The van der Waals surface area contributed by atoms with Crippen LogP contribution in [0.1, 0.15) is 16.7 Å². The van der Waals surface area contributed by atoms with E-state index in [2.05, 4.69) is 6.07 Å². The molecule has 5 aromatic rings. The molecular weight excluding hydrogens is 516 g/mol. The molecule has 41 heavy (non-hydrogen) atoms. The van der Waals surface area contributed by atoms with Crippen LogP contribution in [-0.2, 0) is 0 Å². The Balaban J connectivity index is 1.35. The van der Waals surface area contributed by atoms with Crippen molar-refractivity contribution in [3.8, 4) is 23.0 Å². The third-order valence-electron chi connectivity index (χ3n) is 6.97. The molecule has 6 heteroatoms. The molecule has 0 aliphatic heterocycles. The van der Waals surface area contributed by atoms with Gasteiger partial charge in [0.25, 0.3) is 0 Å². The van der Waals surface area contributed by atoms with Gasteiger partial charge in [0.05, 0.1) is 0 Å². The molecule has 0 fully saturated rings. The molecule has 0 saturated carbocycles. The summed E-state index contributed by atoms with van der Waals surface area (Å²) in [5.41, 5.74) is 3.09. The first-order chi connectivity index (χ1) is 19.9. The Kier molecular flexibility index (Phi) is 8.92. The number of aryl methyl sites for hydroxylation is 3. The molecule has 5 aromatic carbocycles. The largest absolute Gasteiger partial charge is 0.490 e. The van der Waals surface area contributed by atoms with Gasteiger partial charge in [0.1, 0.15) is 61.6 Å². The SMILES string of the molecule is Cc1ccc2c(OCC(O)COc3ccccc3C)c3ccccc3c(OCC(O)COc3ccccc3C)c2c1. The lowest BCUT2D eigenvalue weighted by Crippen LogP contribution is -2.26. The fourth-order valence-electron chi connectivity index (χ4n) is 4.79. The number of rotatable bonds is 12. The first-order valence-corrected chi connectivity index (χ1v) is 13.8. The second-order valence-corrected chi connectivity index (χ2v) is 10.3. The maximum absolute atomic E-state index is 10.7. The van der Waals surface area contributed by atoms with E-state index in [0.717, 1.165) is 49.7 Å². The van der Waals surface area contributed by atoms with E-state index in [9.17, 15) is 10.2 Å². The molecule has 0 amide bonds. The van der Waals surface area contributed by atoms with E-state index in [-0.39, 0.29) is 26.4 Å². The van der Waals surface area contributed by atoms with Crippen molar-refractivity contribution in [3.63, 3.8) is 0 Å². The van der Waals surface area contributed by atoms with Crippen LogP contribution in [0.4, 0.5) is 0 Å². The van der Waals surface area contributed by atoms with Crippen molar-refractivity contribution in [1.29, 1.82) is 0 Å². The highest BCUT2D eigenvalue weighted by atomic mass is 16.5. The minimum Gasteiger partial charge on any atom is -0.490 e. The normalized spacial score (nSPS) is 12.7. The molecule has 5 rings (SSSR count). The van der Waals surface area contributed by atoms with Gasteiger partial charge < -0.3 is 29.2 Å². The molecule has 6 nitrogen and oxygen atoms in total. The lowest BCUT2D eigenvalue weighted by molar-refractivity contribution is 0.0627. The molecule has 212 valence electrons. The minimum absolute atomic E-state index is 0.0635. The summed E-state index contributed by atoms with van der Waals surface area (Å²) in [6.07, 6.45) is -1.65. The fourth-order valence-corrected chi connectivity index (χ4v) is 4.79. The monoisotopic (exact) mass is 552 g/mol.